The van der Waals surface area contributed by atoms with Crippen LogP contribution in [0.15, 0.2) is 36.4 Å². The molecule has 158 valence electrons. The maximum atomic E-state index is 5.97. The minimum Gasteiger partial charge on any atom is -0.493 e. The lowest BCUT2D eigenvalue weighted by Gasteiger charge is -2.30. The molecule has 0 atom stereocenters. The van der Waals surface area contributed by atoms with Crippen molar-refractivity contribution in [3.63, 3.8) is 0 Å². The van der Waals surface area contributed by atoms with Gasteiger partial charge in [0.05, 0.1) is 26.9 Å². The Bertz CT molecular complexity index is 788. The Morgan fingerprint density at radius 1 is 0.759 bits per heavy atom. The Labute approximate surface area is 173 Å². The molecule has 0 spiro atoms. The number of piperazine rings is 1. The highest BCUT2D eigenvalue weighted by Gasteiger charge is 2.25. The first-order valence-electron chi connectivity index (χ1n) is 10.3. The SMILES string of the molecule is COc1ccc(C[NH+]2CC[NH+](CCOc3ccccc3C)CC2)c(OC)c1OC. The lowest BCUT2D eigenvalue weighted by atomic mass is 10.1. The molecule has 1 saturated heterocycles. The van der Waals surface area contributed by atoms with Crippen LogP contribution in [0, 0.1) is 6.92 Å². The van der Waals surface area contributed by atoms with Gasteiger partial charge in [0.2, 0.25) is 5.75 Å². The third-order valence-corrected chi connectivity index (χ3v) is 5.70. The number of quaternary nitrogens is 2. The first-order chi connectivity index (χ1) is 14.2. The van der Waals surface area contributed by atoms with Gasteiger partial charge in [-0.1, -0.05) is 18.2 Å². The van der Waals surface area contributed by atoms with Crippen LogP contribution in [-0.4, -0.2) is 60.7 Å². The molecule has 0 radical (unpaired) electrons. The lowest BCUT2D eigenvalue weighted by molar-refractivity contribution is -1.02. The van der Waals surface area contributed by atoms with Crippen molar-refractivity contribution >= 4 is 0 Å². The molecule has 0 bridgehead atoms. The summed E-state index contributed by atoms with van der Waals surface area (Å²) in [6.45, 7) is 9.40. The molecule has 0 saturated carbocycles. The van der Waals surface area contributed by atoms with Gasteiger partial charge < -0.3 is 28.7 Å². The van der Waals surface area contributed by atoms with Gasteiger partial charge in [-0.15, -0.1) is 0 Å². The molecule has 1 heterocycles. The van der Waals surface area contributed by atoms with Crippen molar-refractivity contribution in [3.8, 4) is 23.0 Å². The van der Waals surface area contributed by atoms with Crippen LogP contribution >= 0.6 is 0 Å². The van der Waals surface area contributed by atoms with Gasteiger partial charge in [-0.2, -0.15) is 0 Å². The normalized spacial score (nSPS) is 18.9. The largest absolute Gasteiger partial charge is 0.493 e. The summed E-state index contributed by atoms with van der Waals surface area (Å²) in [4.78, 5) is 3.18. The van der Waals surface area contributed by atoms with Gasteiger partial charge in [0, 0.05) is 0 Å². The number of rotatable bonds is 9. The van der Waals surface area contributed by atoms with Gasteiger partial charge in [0.1, 0.15) is 51.6 Å². The molecule has 0 amide bonds. The molecule has 2 N–H and O–H groups in total. The molecule has 0 aliphatic carbocycles. The molecule has 3 rings (SSSR count). The summed E-state index contributed by atoms with van der Waals surface area (Å²) in [6, 6.07) is 12.3. The summed E-state index contributed by atoms with van der Waals surface area (Å²) in [5.41, 5.74) is 2.35. The molecule has 6 heteroatoms. The van der Waals surface area contributed by atoms with E-state index in [1.807, 2.05) is 24.3 Å². The predicted octanol–water partition coefficient (Wildman–Crippen LogP) is 0.383. The van der Waals surface area contributed by atoms with Crippen LogP contribution in [0.2, 0.25) is 0 Å². The first kappa shape index (κ1) is 21.3. The molecule has 0 aromatic heterocycles. The van der Waals surface area contributed by atoms with Crippen LogP contribution in [0.3, 0.4) is 0 Å². The summed E-state index contributed by atoms with van der Waals surface area (Å²) < 4.78 is 22.5. The smallest absolute Gasteiger partial charge is 0.203 e. The summed E-state index contributed by atoms with van der Waals surface area (Å²) in [7, 11) is 4.98. The second-order valence-corrected chi connectivity index (χ2v) is 7.53. The lowest BCUT2D eigenvalue weighted by Crippen LogP contribution is -3.27. The van der Waals surface area contributed by atoms with Crippen molar-refractivity contribution in [1.82, 2.24) is 0 Å². The van der Waals surface area contributed by atoms with E-state index in [-0.39, 0.29) is 0 Å². The fraction of sp³-hybridized carbons (Fsp3) is 0.478. The Balaban J connectivity index is 1.49. The third kappa shape index (κ3) is 5.34. The number of ether oxygens (including phenoxy) is 4. The van der Waals surface area contributed by atoms with Crippen molar-refractivity contribution in [1.29, 1.82) is 0 Å². The van der Waals surface area contributed by atoms with Gasteiger partial charge in [0.15, 0.2) is 11.5 Å². The molecule has 2 aromatic rings. The Hall–Kier alpha value is -2.44. The van der Waals surface area contributed by atoms with E-state index in [1.54, 1.807) is 31.1 Å². The zero-order valence-electron chi connectivity index (χ0n) is 18.0. The van der Waals surface area contributed by atoms with Crippen molar-refractivity contribution < 1.29 is 28.7 Å². The second kappa shape index (κ2) is 10.4. The maximum absolute atomic E-state index is 5.97. The monoisotopic (exact) mass is 402 g/mol. The van der Waals surface area contributed by atoms with Gasteiger partial charge in [-0.05, 0) is 30.7 Å². The maximum Gasteiger partial charge on any atom is 0.203 e. The van der Waals surface area contributed by atoms with E-state index in [0.717, 1.165) is 62.9 Å². The average Bonchev–Trinajstić information content (AvgIpc) is 2.75. The molecular formula is C23H34N2O4+2. The minimum absolute atomic E-state index is 0.671. The van der Waals surface area contributed by atoms with Crippen LogP contribution in [-0.2, 0) is 6.54 Å². The quantitative estimate of drug-likeness (QED) is 0.637. The number of methoxy groups -OCH3 is 3. The standard InChI is InChI=1S/C23H32N2O4/c1-18-7-5-6-8-20(18)29-16-15-24-11-13-25(14-12-24)17-19-9-10-21(26-2)23(28-4)22(19)27-3/h5-10H,11-17H2,1-4H3/p+2. The number of nitrogens with one attached hydrogen (secondary N) is 2. The van der Waals surface area contributed by atoms with Gasteiger partial charge in [-0.25, -0.2) is 0 Å². The number of aryl methyl sites for hydroxylation is 1. The number of para-hydroxylation sites is 1. The predicted molar refractivity (Wildman–Crippen MR) is 113 cm³/mol. The van der Waals surface area contributed by atoms with Gasteiger partial charge >= 0.3 is 0 Å². The molecule has 29 heavy (non-hydrogen) atoms. The van der Waals surface area contributed by atoms with Crippen LogP contribution in [0.5, 0.6) is 23.0 Å². The number of hydrogen-bond donors (Lipinski definition) is 2. The molecule has 1 aliphatic rings. The molecule has 0 unspecified atom stereocenters. The molecule has 1 fully saturated rings. The van der Waals surface area contributed by atoms with E-state index in [1.165, 1.54) is 5.56 Å². The summed E-state index contributed by atoms with van der Waals surface area (Å²) >= 11 is 0. The van der Waals surface area contributed by atoms with E-state index < -0.39 is 0 Å². The third-order valence-electron chi connectivity index (χ3n) is 5.70. The van der Waals surface area contributed by atoms with E-state index in [9.17, 15) is 0 Å². The Morgan fingerprint density at radius 3 is 2.10 bits per heavy atom. The molecule has 2 aromatic carbocycles. The summed E-state index contributed by atoms with van der Waals surface area (Å²) in [6.07, 6.45) is 0. The highest BCUT2D eigenvalue weighted by Crippen LogP contribution is 2.39. The number of hydrogen-bond acceptors (Lipinski definition) is 4. The topological polar surface area (TPSA) is 45.8 Å². The van der Waals surface area contributed by atoms with Crippen LogP contribution in [0.4, 0.5) is 0 Å². The van der Waals surface area contributed by atoms with E-state index in [0.29, 0.717) is 11.5 Å². The fourth-order valence-electron chi connectivity index (χ4n) is 3.98. The van der Waals surface area contributed by atoms with E-state index in [2.05, 4.69) is 19.1 Å². The first-order valence-corrected chi connectivity index (χ1v) is 10.3. The minimum atomic E-state index is 0.671. The van der Waals surface area contributed by atoms with Crippen molar-refractivity contribution in [2.24, 2.45) is 0 Å². The summed E-state index contributed by atoms with van der Waals surface area (Å²) in [5, 5.41) is 0. The Morgan fingerprint density at radius 2 is 1.45 bits per heavy atom. The Kier molecular flexibility index (Phi) is 7.61. The van der Waals surface area contributed by atoms with Crippen LogP contribution in [0.25, 0.3) is 0 Å². The van der Waals surface area contributed by atoms with Gasteiger partial charge in [0.25, 0.3) is 0 Å². The van der Waals surface area contributed by atoms with E-state index in [4.69, 9.17) is 18.9 Å². The zero-order chi connectivity index (χ0) is 20.6. The highest BCUT2D eigenvalue weighted by atomic mass is 16.5. The van der Waals surface area contributed by atoms with Crippen molar-refractivity contribution in [2.45, 2.75) is 13.5 Å². The fourth-order valence-corrected chi connectivity index (χ4v) is 3.98. The van der Waals surface area contributed by atoms with Crippen LogP contribution in [0.1, 0.15) is 11.1 Å². The summed E-state index contributed by atoms with van der Waals surface area (Å²) in [5.74, 6) is 3.15. The second-order valence-electron chi connectivity index (χ2n) is 7.53. The van der Waals surface area contributed by atoms with Crippen LogP contribution < -0.4 is 28.7 Å². The molecular weight excluding hydrogens is 368 g/mol. The highest BCUT2D eigenvalue weighted by molar-refractivity contribution is 5.55. The molecule has 6 nitrogen and oxygen atoms in total. The number of benzene rings is 2. The average molecular weight is 403 g/mol. The van der Waals surface area contributed by atoms with Crippen molar-refractivity contribution in [2.75, 3.05) is 60.7 Å². The van der Waals surface area contributed by atoms with Gasteiger partial charge in [-0.3, -0.25) is 0 Å². The van der Waals surface area contributed by atoms with Crippen molar-refractivity contribution in [3.05, 3.63) is 47.5 Å². The van der Waals surface area contributed by atoms with E-state index >= 15 is 0 Å². The molecule has 1 aliphatic heterocycles. The zero-order valence-corrected chi connectivity index (χ0v) is 18.0.